The van der Waals surface area contributed by atoms with E-state index in [1.165, 1.54) is 0 Å². The van der Waals surface area contributed by atoms with Crippen molar-refractivity contribution in [3.63, 3.8) is 0 Å². The number of carbonyl (C=O) groups is 1. The van der Waals surface area contributed by atoms with Crippen LogP contribution in [0.2, 0.25) is 0 Å². The highest BCUT2D eigenvalue weighted by Crippen LogP contribution is 2.27. The van der Waals surface area contributed by atoms with Gasteiger partial charge in [0.2, 0.25) is 0 Å². The van der Waals surface area contributed by atoms with Crippen molar-refractivity contribution in [2.45, 2.75) is 26.7 Å². The fraction of sp³-hybridized carbons (Fsp3) is 0.375. The van der Waals surface area contributed by atoms with Gasteiger partial charge in [-0.15, -0.1) is 0 Å². The summed E-state index contributed by atoms with van der Waals surface area (Å²) in [5.74, 6) is 1.56. The number of ketones is 1. The van der Waals surface area contributed by atoms with Crippen molar-refractivity contribution in [3.05, 3.63) is 65.2 Å². The molecule has 0 saturated carbocycles. The van der Waals surface area contributed by atoms with Gasteiger partial charge in [0.05, 0.1) is 12.2 Å². The number of unbranched alkanes of at least 4 members (excludes halogenated alkanes) is 1. The smallest absolute Gasteiger partial charge is 0.196 e. The Morgan fingerprint density at radius 1 is 1.04 bits per heavy atom. The van der Waals surface area contributed by atoms with E-state index in [2.05, 4.69) is 18.7 Å². The minimum absolute atomic E-state index is 0.0374. The van der Waals surface area contributed by atoms with Gasteiger partial charge in [0.25, 0.3) is 0 Å². The van der Waals surface area contributed by atoms with Crippen molar-refractivity contribution in [2.75, 3.05) is 32.8 Å². The van der Waals surface area contributed by atoms with Crippen LogP contribution in [0.25, 0.3) is 6.08 Å². The van der Waals surface area contributed by atoms with Gasteiger partial charge in [-0.05, 0) is 68.4 Å². The average molecular weight is 380 g/mol. The van der Waals surface area contributed by atoms with Crippen molar-refractivity contribution >= 4 is 11.9 Å². The van der Waals surface area contributed by atoms with Gasteiger partial charge in [-0.2, -0.15) is 0 Å². The molecule has 0 aliphatic carbocycles. The van der Waals surface area contributed by atoms with Crippen LogP contribution in [0, 0.1) is 0 Å². The van der Waals surface area contributed by atoms with Crippen LogP contribution in [0.5, 0.6) is 11.5 Å². The molecule has 4 heteroatoms. The third-order valence-electron chi connectivity index (χ3n) is 5.06. The monoisotopic (exact) mass is 379 g/mol. The lowest BCUT2D eigenvalue weighted by Crippen LogP contribution is -2.24. The first-order chi connectivity index (χ1) is 13.7. The summed E-state index contributed by atoms with van der Waals surface area (Å²) in [5.41, 5.74) is 2.27. The summed E-state index contributed by atoms with van der Waals surface area (Å²) in [7, 11) is 0. The number of benzene rings is 2. The molecule has 0 atom stereocenters. The first-order valence-electron chi connectivity index (χ1n) is 10.1. The number of para-hydroxylation sites is 1. The summed E-state index contributed by atoms with van der Waals surface area (Å²) in [6.45, 7) is 8.76. The summed E-state index contributed by atoms with van der Waals surface area (Å²) in [5, 5.41) is 0. The Kier molecular flexibility index (Phi) is 7.26. The lowest BCUT2D eigenvalue weighted by Gasteiger charge is -2.18. The standard InChI is InChI=1S/C24H29NO3/c1-3-25(4-2)15-7-8-16-27-21-13-11-19(12-14-21)17-20-18-28-23-10-6-5-9-22(23)24(20)26/h5-6,9-14,17H,3-4,7-8,15-16,18H2,1-2H3/b20-17+. The molecule has 0 saturated heterocycles. The van der Waals surface area contributed by atoms with Gasteiger partial charge < -0.3 is 14.4 Å². The molecule has 1 heterocycles. The van der Waals surface area contributed by atoms with Crippen LogP contribution in [0.1, 0.15) is 42.6 Å². The second kappa shape index (κ2) is 10.1. The van der Waals surface area contributed by atoms with Crippen molar-refractivity contribution in [2.24, 2.45) is 0 Å². The first-order valence-corrected chi connectivity index (χ1v) is 10.1. The lowest BCUT2D eigenvalue weighted by molar-refractivity contribution is 0.100. The maximum atomic E-state index is 12.6. The third-order valence-corrected chi connectivity index (χ3v) is 5.06. The minimum atomic E-state index is 0.0374. The topological polar surface area (TPSA) is 38.8 Å². The van der Waals surface area contributed by atoms with Crippen molar-refractivity contribution in [1.82, 2.24) is 4.90 Å². The molecule has 3 rings (SSSR count). The number of ether oxygens (including phenoxy) is 2. The number of fused-ring (bicyclic) bond motifs is 1. The molecule has 0 aromatic heterocycles. The molecule has 2 aromatic carbocycles. The predicted octanol–water partition coefficient (Wildman–Crippen LogP) is 4.85. The highest BCUT2D eigenvalue weighted by Gasteiger charge is 2.22. The molecule has 4 nitrogen and oxygen atoms in total. The Morgan fingerprint density at radius 3 is 2.54 bits per heavy atom. The van der Waals surface area contributed by atoms with E-state index in [-0.39, 0.29) is 5.78 Å². The van der Waals surface area contributed by atoms with Gasteiger partial charge >= 0.3 is 0 Å². The summed E-state index contributed by atoms with van der Waals surface area (Å²) >= 11 is 0. The zero-order chi connectivity index (χ0) is 19.8. The number of hydrogen-bond acceptors (Lipinski definition) is 4. The maximum Gasteiger partial charge on any atom is 0.196 e. The molecule has 0 radical (unpaired) electrons. The predicted molar refractivity (Wildman–Crippen MR) is 113 cm³/mol. The largest absolute Gasteiger partial charge is 0.494 e. The molecule has 0 unspecified atom stereocenters. The number of Topliss-reactive ketones (excluding diaryl/α,β-unsaturated/α-hetero) is 1. The molecule has 148 valence electrons. The molecule has 2 aromatic rings. The number of carbonyl (C=O) groups excluding carboxylic acids is 1. The number of nitrogens with zero attached hydrogens (tertiary/aromatic N) is 1. The van der Waals surface area contributed by atoms with Crippen molar-refractivity contribution in [3.8, 4) is 11.5 Å². The Morgan fingerprint density at radius 2 is 1.79 bits per heavy atom. The van der Waals surface area contributed by atoms with Crippen molar-refractivity contribution < 1.29 is 14.3 Å². The molecule has 1 aliphatic rings. The van der Waals surface area contributed by atoms with Crippen LogP contribution in [0.4, 0.5) is 0 Å². The fourth-order valence-corrected chi connectivity index (χ4v) is 3.31. The molecular formula is C24H29NO3. The van der Waals surface area contributed by atoms with E-state index < -0.39 is 0 Å². The van der Waals surface area contributed by atoms with Gasteiger partial charge in [-0.3, -0.25) is 4.79 Å². The Labute approximate surface area is 167 Å². The van der Waals surface area contributed by atoms with Crippen molar-refractivity contribution in [1.29, 1.82) is 0 Å². The molecule has 0 N–H and O–H groups in total. The highest BCUT2D eigenvalue weighted by atomic mass is 16.5. The van der Waals surface area contributed by atoms with Gasteiger partial charge in [0, 0.05) is 5.57 Å². The summed E-state index contributed by atoms with van der Waals surface area (Å²) in [4.78, 5) is 15.0. The Hall–Kier alpha value is -2.59. The number of hydrogen-bond donors (Lipinski definition) is 0. The Bertz CT molecular complexity index is 807. The number of rotatable bonds is 9. The first kappa shape index (κ1) is 20.2. The quantitative estimate of drug-likeness (QED) is 0.461. The minimum Gasteiger partial charge on any atom is -0.494 e. The van der Waals surface area contributed by atoms with Gasteiger partial charge in [0.15, 0.2) is 5.78 Å². The Balaban J connectivity index is 1.51. The van der Waals surface area contributed by atoms with Gasteiger partial charge in [-0.1, -0.05) is 38.1 Å². The van der Waals surface area contributed by atoms with Crippen LogP contribution >= 0.6 is 0 Å². The van der Waals surface area contributed by atoms with Crippen LogP contribution in [-0.2, 0) is 0 Å². The van der Waals surface area contributed by atoms with E-state index in [1.54, 1.807) is 0 Å². The summed E-state index contributed by atoms with van der Waals surface area (Å²) < 4.78 is 11.5. The van der Waals surface area contributed by atoms with Crippen LogP contribution < -0.4 is 9.47 Å². The summed E-state index contributed by atoms with van der Waals surface area (Å²) in [6, 6.07) is 15.2. The summed E-state index contributed by atoms with van der Waals surface area (Å²) in [6.07, 6.45) is 4.09. The fourth-order valence-electron chi connectivity index (χ4n) is 3.31. The maximum absolute atomic E-state index is 12.6. The van der Waals surface area contributed by atoms with E-state index in [4.69, 9.17) is 9.47 Å². The molecule has 0 fully saturated rings. The second-order valence-corrected chi connectivity index (χ2v) is 6.94. The highest BCUT2D eigenvalue weighted by molar-refractivity contribution is 6.14. The second-order valence-electron chi connectivity index (χ2n) is 6.94. The van der Waals surface area contributed by atoms with E-state index in [0.717, 1.165) is 50.4 Å². The molecule has 28 heavy (non-hydrogen) atoms. The zero-order valence-electron chi connectivity index (χ0n) is 16.8. The molecule has 0 amide bonds. The molecular weight excluding hydrogens is 350 g/mol. The molecule has 1 aliphatic heterocycles. The van der Waals surface area contributed by atoms with E-state index in [1.807, 2.05) is 54.6 Å². The van der Waals surface area contributed by atoms with E-state index >= 15 is 0 Å². The van der Waals surface area contributed by atoms with Gasteiger partial charge in [-0.25, -0.2) is 0 Å². The van der Waals surface area contributed by atoms with E-state index in [0.29, 0.717) is 23.5 Å². The van der Waals surface area contributed by atoms with Gasteiger partial charge in [0.1, 0.15) is 18.1 Å². The average Bonchev–Trinajstić information content (AvgIpc) is 2.74. The molecule has 0 bridgehead atoms. The lowest BCUT2D eigenvalue weighted by atomic mass is 9.98. The van der Waals surface area contributed by atoms with Crippen LogP contribution in [0.3, 0.4) is 0 Å². The normalized spacial score (nSPS) is 14.8. The van der Waals surface area contributed by atoms with Crippen LogP contribution in [-0.4, -0.2) is 43.5 Å². The molecule has 0 spiro atoms. The zero-order valence-corrected chi connectivity index (χ0v) is 16.8. The van der Waals surface area contributed by atoms with Crippen LogP contribution in [0.15, 0.2) is 54.1 Å². The third kappa shape index (κ3) is 5.23. The SMILES string of the molecule is CCN(CC)CCCCOc1ccc(/C=C2\COc3ccccc3C2=O)cc1. The van der Waals surface area contributed by atoms with E-state index in [9.17, 15) is 4.79 Å².